The van der Waals surface area contributed by atoms with Crippen molar-refractivity contribution in [1.29, 1.82) is 0 Å². The number of nitrogens with one attached hydrogen (secondary N) is 1. The van der Waals surface area contributed by atoms with E-state index in [1.54, 1.807) is 26.2 Å². The van der Waals surface area contributed by atoms with Gasteiger partial charge in [0.2, 0.25) is 0 Å². The molecule has 0 spiro atoms. The van der Waals surface area contributed by atoms with Crippen LogP contribution in [-0.2, 0) is 9.84 Å². The summed E-state index contributed by atoms with van der Waals surface area (Å²) in [6.07, 6.45) is 2.94. The monoisotopic (exact) mass is 200 g/mol. The van der Waals surface area contributed by atoms with Crippen molar-refractivity contribution < 1.29 is 8.42 Å². The minimum absolute atomic E-state index is 0.0991. The van der Waals surface area contributed by atoms with Crippen LogP contribution in [0, 0.1) is 0 Å². The Kier molecular flexibility index (Phi) is 2.87. The first-order chi connectivity index (χ1) is 6.10. The summed E-state index contributed by atoms with van der Waals surface area (Å²) in [6, 6.07) is 1.58. The van der Waals surface area contributed by atoms with Gasteiger partial charge in [0.05, 0.1) is 22.5 Å². The summed E-state index contributed by atoms with van der Waals surface area (Å²) in [5, 5.41) is 2.84. The molecule has 0 atom stereocenters. The normalized spacial score (nSPS) is 11.2. The van der Waals surface area contributed by atoms with Crippen LogP contribution in [0.1, 0.15) is 6.92 Å². The Bertz CT molecular complexity index is 387. The van der Waals surface area contributed by atoms with Gasteiger partial charge in [-0.05, 0) is 6.07 Å². The number of pyridine rings is 1. The minimum Gasteiger partial charge on any atom is -0.387 e. The van der Waals surface area contributed by atoms with Gasteiger partial charge in [-0.25, -0.2) is 8.42 Å². The zero-order valence-electron chi connectivity index (χ0n) is 7.61. The SMILES string of the molecule is CCS(=O)(=O)c1cncc(NC)c1. The minimum atomic E-state index is -3.13. The molecule has 13 heavy (non-hydrogen) atoms. The standard InChI is InChI=1S/C8H12N2O2S/c1-3-13(11,12)8-4-7(9-2)5-10-6-8/h4-6,9H,3H2,1-2H3. The molecule has 1 N–H and O–H groups in total. The number of anilines is 1. The lowest BCUT2D eigenvalue weighted by atomic mass is 10.4. The van der Waals surface area contributed by atoms with Crippen LogP contribution < -0.4 is 5.32 Å². The molecule has 4 nitrogen and oxygen atoms in total. The van der Waals surface area contributed by atoms with Crippen molar-refractivity contribution in [3.05, 3.63) is 18.5 Å². The molecule has 0 aliphatic carbocycles. The molecule has 0 radical (unpaired) electrons. The van der Waals surface area contributed by atoms with E-state index >= 15 is 0 Å². The molecular weight excluding hydrogens is 188 g/mol. The lowest BCUT2D eigenvalue weighted by Gasteiger charge is -2.03. The van der Waals surface area contributed by atoms with Gasteiger partial charge in [-0.3, -0.25) is 4.98 Å². The molecule has 0 unspecified atom stereocenters. The van der Waals surface area contributed by atoms with Gasteiger partial charge in [0, 0.05) is 13.2 Å². The first-order valence-corrected chi connectivity index (χ1v) is 5.61. The molecule has 0 aliphatic heterocycles. The summed E-state index contributed by atoms with van der Waals surface area (Å²) in [7, 11) is -1.41. The van der Waals surface area contributed by atoms with Crippen LogP contribution in [0.5, 0.6) is 0 Å². The second-order valence-electron chi connectivity index (χ2n) is 2.56. The molecule has 0 saturated heterocycles. The second-order valence-corrected chi connectivity index (χ2v) is 4.84. The summed E-state index contributed by atoms with van der Waals surface area (Å²) in [6.45, 7) is 1.61. The molecule has 0 amide bonds. The van der Waals surface area contributed by atoms with E-state index in [-0.39, 0.29) is 10.6 Å². The van der Waals surface area contributed by atoms with Gasteiger partial charge in [-0.1, -0.05) is 6.92 Å². The third kappa shape index (κ3) is 2.18. The van der Waals surface area contributed by atoms with E-state index in [2.05, 4.69) is 10.3 Å². The lowest BCUT2D eigenvalue weighted by molar-refractivity contribution is 0.597. The van der Waals surface area contributed by atoms with E-state index in [4.69, 9.17) is 0 Å². The highest BCUT2D eigenvalue weighted by molar-refractivity contribution is 7.91. The van der Waals surface area contributed by atoms with E-state index in [0.29, 0.717) is 5.69 Å². The predicted molar refractivity (Wildman–Crippen MR) is 51.5 cm³/mol. The Labute approximate surface area is 77.9 Å². The third-order valence-electron chi connectivity index (χ3n) is 1.74. The molecule has 1 aromatic rings. The quantitative estimate of drug-likeness (QED) is 0.788. The van der Waals surface area contributed by atoms with Gasteiger partial charge in [-0.2, -0.15) is 0 Å². The van der Waals surface area contributed by atoms with E-state index in [1.807, 2.05) is 0 Å². The van der Waals surface area contributed by atoms with Crippen molar-refractivity contribution in [3.63, 3.8) is 0 Å². The summed E-state index contributed by atoms with van der Waals surface area (Å²) in [5.74, 6) is 0.0991. The number of nitrogens with zero attached hydrogens (tertiary/aromatic N) is 1. The van der Waals surface area contributed by atoms with Crippen molar-refractivity contribution in [2.75, 3.05) is 18.1 Å². The van der Waals surface area contributed by atoms with Gasteiger partial charge in [-0.15, -0.1) is 0 Å². The first kappa shape index (κ1) is 9.98. The Morgan fingerprint density at radius 1 is 1.46 bits per heavy atom. The Balaban J connectivity index is 3.17. The first-order valence-electron chi connectivity index (χ1n) is 3.95. The molecule has 0 bridgehead atoms. The molecule has 0 aromatic carbocycles. The van der Waals surface area contributed by atoms with Crippen LogP contribution in [0.25, 0.3) is 0 Å². The van der Waals surface area contributed by atoms with Crippen LogP contribution in [0.15, 0.2) is 23.4 Å². The predicted octanol–water partition coefficient (Wildman–Crippen LogP) is 0.917. The highest BCUT2D eigenvalue weighted by atomic mass is 32.2. The Morgan fingerprint density at radius 3 is 2.69 bits per heavy atom. The van der Waals surface area contributed by atoms with Gasteiger partial charge in [0.25, 0.3) is 0 Å². The number of hydrogen-bond acceptors (Lipinski definition) is 4. The number of aromatic nitrogens is 1. The molecule has 0 fully saturated rings. The molecule has 0 aliphatic rings. The van der Waals surface area contributed by atoms with Gasteiger partial charge < -0.3 is 5.32 Å². The molecular formula is C8H12N2O2S. The van der Waals surface area contributed by atoms with Crippen molar-refractivity contribution in [3.8, 4) is 0 Å². The van der Waals surface area contributed by atoms with Crippen LogP contribution >= 0.6 is 0 Å². The number of sulfone groups is 1. The van der Waals surface area contributed by atoms with Crippen LogP contribution in [0.4, 0.5) is 5.69 Å². The van der Waals surface area contributed by atoms with Crippen LogP contribution in [-0.4, -0.2) is 26.2 Å². The lowest BCUT2D eigenvalue weighted by Crippen LogP contribution is -2.04. The molecule has 0 saturated carbocycles. The molecule has 1 aromatic heterocycles. The van der Waals surface area contributed by atoms with Crippen molar-refractivity contribution in [2.45, 2.75) is 11.8 Å². The fourth-order valence-corrected chi connectivity index (χ4v) is 1.75. The highest BCUT2D eigenvalue weighted by Crippen LogP contribution is 2.13. The fraction of sp³-hybridized carbons (Fsp3) is 0.375. The molecule has 1 heterocycles. The number of hydrogen-bond donors (Lipinski definition) is 1. The van der Waals surface area contributed by atoms with Crippen molar-refractivity contribution >= 4 is 15.5 Å². The zero-order valence-corrected chi connectivity index (χ0v) is 8.43. The summed E-state index contributed by atoms with van der Waals surface area (Å²) >= 11 is 0. The van der Waals surface area contributed by atoms with E-state index in [0.717, 1.165) is 0 Å². The summed E-state index contributed by atoms with van der Waals surface area (Å²) < 4.78 is 22.8. The maximum absolute atomic E-state index is 11.4. The molecule has 72 valence electrons. The molecule has 5 heteroatoms. The van der Waals surface area contributed by atoms with Gasteiger partial charge in [0.1, 0.15) is 0 Å². The maximum Gasteiger partial charge on any atom is 0.179 e. The van der Waals surface area contributed by atoms with E-state index in [1.165, 1.54) is 6.20 Å². The van der Waals surface area contributed by atoms with E-state index in [9.17, 15) is 8.42 Å². The summed E-state index contributed by atoms with van der Waals surface area (Å²) in [5.41, 5.74) is 0.703. The van der Waals surface area contributed by atoms with Crippen LogP contribution in [0.2, 0.25) is 0 Å². The third-order valence-corrected chi connectivity index (χ3v) is 3.44. The second kappa shape index (κ2) is 3.74. The Hall–Kier alpha value is -1.10. The van der Waals surface area contributed by atoms with Crippen molar-refractivity contribution in [1.82, 2.24) is 4.98 Å². The van der Waals surface area contributed by atoms with Crippen molar-refractivity contribution in [2.24, 2.45) is 0 Å². The van der Waals surface area contributed by atoms with Gasteiger partial charge >= 0.3 is 0 Å². The average molecular weight is 200 g/mol. The summed E-state index contributed by atoms with van der Waals surface area (Å²) in [4.78, 5) is 4.09. The highest BCUT2D eigenvalue weighted by Gasteiger charge is 2.11. The zero-order chi connectivity index (χ0) is 9.90. The van der Waals surface area contributed by atoms with E-state index < -0.39 is 9.84 Å². The Morgan fingerprint density at radius 2 is 2.15 bits per heavy atom. The number of rotatable bonds is 3. The van der Waals surface area contributed by atoms with Gasteiger partial charge in [0.15, 0.2) is 9.84 Å². The fourth-order valence-electron chi connectivity index (χ4n) is 0.892. The van der Waals surface area contributed by atoms with Crippen LogP contribution in [0.3, 0.4) is 0 Å². The largest absolute Gasteiger partial charge is 0.387 e. The maximum atomic E-state index is 11.4. The smallest absolute Gasteiger partial charge is 0.179 e. The average Bonchev–Trinajstić information content (AvgIpc) is 2.18. The topological polar surface area (TPSA) is 59.1 Å². The molecule has 1 rings (SSSR count).